The van der Waals surface area contributed by atoms with Gasteiger partial charge in [0, 0.05) is 31.0 Å². The maximum absolute atomic E-state index is 11.5. The van der Waals surface area contributed by atoms with Gasteiger partial charge in [0.2, 0.25) is 0 Å². The van der Waals surface area contributed by atoms with Crippen molar-refractivity contribution in [2.24, 2.45) is 0 Å². The molecule has 1 unspecified atom stereocenters. The van der Waals surface area contributed by atoms with Gasteiger partial charge < -0.3 is 10.6 Å². The minimum absolute atomic E-state index is 0.0760. The number of hydrogen-bond acceptors (Lipinski definition) is 7. The van der Waals surface area contributed by atoms with Crippen LogP contribution in [0, 0.1) is 0 Å². The van der Waals surface area contributed by atoms with Crippen molar-refractivity contribution in [3.63, 3.8) is 0 Å². The number of anilines is 2. The second kappa shape index (κ2) is 6.27. The van der Waals surface area contributed by atoms with Gasteiger partial charge in [0.25, 0.3) is 0 Å². The largest absolute Gasteiger partial charge is 0.366 e. The zero-order valence-corrected chi connectivity index (χ0v) is 12.8. The third-order valence-corrected chi connectivity index (χ3v) is 5.24. The van der Waals surface area contributed by atoms with Crippen LogP contribution in [0.25, 0.3) is 0 Å². The van der Waals surface area contributed by atoms with Crippen molar-refractivity contribution in [1.29, 1.82) is 0 Å². The van der Waals surface area contributed by atoms with Crippen molar-refractivity contribution in [1.82, 2.24) is 15.0 Å². The summed E-state index contributed by atoms with van der Waals surface area (Å²) in [7, 11) is -2.90. The first-order valence-corrected chi connectivity index (χ1v) is 8.85. The summed E-state index contributed by atoms with van der Waals surface area (Å²) in [5.41, 5.74) is 1.10. The normalized spacial score (nSPS) is 19.7. The van der Waals surface area contributed by atoms with E-state index in [1.807, 2.05) is 12.1 Å². The van der Waals surface area contributed by atoms with Crippen LogP contribution in [-0.2, 0) is 16.4 Å². The van der Waals surface area contributed by atoms with Gasteiger partial charge in [0.15, 0.2) is 9.84 Å². The number of nitrogens with zero attached hydrogens (tertiary/aromatic N) is 3. The molecule has 3 rings (SSSR count). The molecule has 7 nitrogen and oxygen atoms in total. The van der Waals surface area contributed by atoms with Gasteiger partial charge in [0.1, 0.15) is 18.0 Å². The second-order valence-corrected chi connectivity index (χ2v) is 7.47. The van der Waals surface area contributed by atoms with Crippen LogP contribution in [-0.4, -0.2) is 40.9 Å². The van der Waals surface area contributed by atoms with Gasteiger partial charge in [-0.3, -0.25) is 4.98 Å². The molecule has 22 heavy (non-hydrogen) atoms. The summed E-state index contributed by atoms with van der Waals surface area (Å²) in [4.78, 5) is 12.3. The fourth-order valence-corrected chi connectivity index (χ4v) is 4.02. The Balaban J connectivity index is 1.60. The van der Waals surface area contributed by atoms with Crippen LogP contribution in [0.15, 0.2) is 36.9 Å². The van der Waals surface area contributed by atoms with E-state index in [0.717, 1.165) is 5.56 Å². The fraction of sp³-hybridized carbons (Fsp3) is 0.357. The average molecular weight is 319 g/mol. The Morgan fingerprint density at radius 1 is 1.18 bits per heavy atom. The predicted octanol–water partition coefficient (Wildman–Crippen LogP) is 1.08. The van der Waals surface area contributed by atoms with Gasteiger partial charge in [-0.05, 0) is 24.1 Å². The van der Waals surface area contributed by atoms with E-state index in [2.05, 4.69) is 25.6 Å². The van der Waals surface area contributed by atoms with Crippen molar-refractivity contribution >= 4 is 21.5 Å². The first-order chi connectivity index (χ1) is 10.6. The molecule has 2 aromatic heterocycles. The summed E-state index contributed by atoms with van der Waals surface area (Å²) in [5.74, 6) is 1.73. The van der Waals surface area contributed by atoms with Gasteiger partial charge in [0.05, 0.1) is 11.5 Å². The van der Waals surface area contributed by atoms with E-state index in [0.29, 0.717) is 24.6 Å². The summed E-state index contributed by atoms with van der Waals surface area (Å²) in [6.45, 7) is 0.636. The monoisotopic (exact) mass is 319 g/mol. The Morgan fingerprint density at radius 2 is 1.95 bits per heavy atom. The van der Waals surface area contributed by atoms with Crippen LogP contribution in [0.5, 0.6) is 0 Å². The number of aromatic nitrogens is 3. The smallest absolute Gasteiger partial charge is 0.152 e. The van der Waals surface area contributed by atoms with Crippen LogP contribution >= 0.6 is 0 Å². The number of pyridine rings is 1. The second-order valence-electron chi connectivity index (χ2n) is 5.24. The molecule has 2 aromatic rings. The summed E-state index contributed by atoms with van der Waals surface area (Å²) in [6, 6.07) is 5.56. The Bertz CT molecular complexity index is 736. The van der Waals surface area contributed by atoms with Gasteiger partial charge in [-0.15, -0.1) is 0 Å². The third kappa shape index (κ3) is 3.91. The lowest BCUT2D eigenvalue weighted by atomic mass is 10.2. The van der Waals surface area contributed by atoms with E-state index in [4.69, 9.17) is 0 Å². The molecule has 1 atom stereocenters. The standard InChI is InChI=1S/C14H17N5O2S/c20-22(21)6-3-12(9-22)19-14-7-13(17-10-18-14)16-8-11-1-4-15-5-2-11/h1-2,4-5,7,10,12H,3,6,8-9H2,(H2,16,17,18,19). The average Bonchev–Trinajstić information content (AvgIpc) is 2.85. The first-order valence-electron chi connectivity index (χ1n) is 7.02. The molecule has 0 amide bonds. The van der Waals surface area contributed by atoms with E-state index < -0.39 is 9.84 Å². The van der Waals surface area contributed by atoms with E-state index in [1.54, 1.807) is 18.5 Å². The summed E-state index contributed by atoms with van der Waals surface area (Å²) in [6.07, 6.45) is 5.56. The van der Waals surface area contributed by atoms with Crippen LogP contribution in [0.4, 0.5) is 11.6 Å². The van der Waals surface area contributed by atoms with Gasteiger partial charge in [-0.1, -0.05) is 0 Å². The third-order valence-electron chi connectivity index (χ3n) is 3.47. The quantitative estimate of drug-likeness (QED) is 0.851. The molecule has 8 heteroatoms. The van der Waals surface area contributed by atoms with Crippen LogP contribution in [0.2, 0.25) is 0 Å². The molecule has 0 aliphatic carbocycles. The molecule has 1 fully saturated rings. The van der Waals surface area contributed by atoms with Crippen molar-refractivity contribution < 1.29 is 8.42 Å². The zero-order chi connectivity index (χ0) is 15.4. The molecular formula is C14H17N5O2S. The Labute approximate surface area is 129 Å². The van der Waals surface area contributed by atoms with Crippen LogP contribution in [0.3, 0.4) is 0 Å². The first kappa shape index (κ1) is 14.7. The Kier molecular flexibility index (Phi) is 4.19. The molecule has 2 N–H and O–H groups in total. The van der Waals surface area contributed by atoms with E-state index in [9.17, 15) is 8.42 Å². The van der Waals surface area contributed by atoms with Crippen molar-refractivity contribution in [3.05, 3.63) is 42.5 Å². The number of sulfone groups is 1. The molecular weight excluding hydrogens is 302 g/mol. The lowest BCUT2D eigenvalue weighted by Crippen LogP contribution is -2.21. The lowest BCUT2D eigenvalue weighted by Gasteiger charge is -2.12. The highest BCUT2D eigenvalue weighted by atomic mass is 32.2. The molecule has 1 saturated heterocycles. The minimum Gasteiger partial charge on any atom is -0.366 e. The van der Waals surface area contributed by atoms with E-state index in [-0.39, 0.29) is 17.5 Å². The number of rotatable bonds is 5. The van der Waals surface area contributed by atoms with E-state index >= 15 is 0 Å². The highest BCUT2D eigenvalue weighted by Crippen LogP contribution is 2.17. The van der Waals surface area contributed by atoms with Crippen molar-refractivity contribution in [2.45, 2.75) is 19.0 Å². The van der Waals surface area contributed by atoms with Crippen LogP contribution < -0.4 is 10.6 Å². The summed E-state index contributed by atoms with van der Waals surface area (Å²) < 4.78 is 22.9. The molecule has 0 saturated carbocycles. The highest BCUT2D eigenvalue weighted by Gasteiger charge is 2.27. The Hall–Kier alpha value is -2.22. The van der Waals surface area contributed by atoms with Gasteiger partial charge >= 0.3 is 0 Å². The molecule has 0 spiro atoms. The predicted molar refractivity (Wildman–Crippen MR) is 84.3 cm³/mol. The zero-order valence-electron chi connectivity index (χ0n) is 11.9. The van der Waals surface area contributed by atoms with Crippen LogP contribution in [0.1, 0.15) is 12.0 Å². The van der Waals surface area contributed by atoms with Gasteiger partial charge in [-0.25, -0.2) is 18.4 Å². The topological polar surface area (TPSA) is 96.9 Å². The molecule has 0 bridgehead atoms. The maximum atomic E-state index is 11.5. The Morgan fingerprint density at radius 3 is 2.68 bits per heavy atom. The number of nitrogens with one attached hydrogen (secondary N) is 2. The lowest BCUT2D eigenvalue weighted by molar-refractivity contribution is 0.602. The summed E-state index contributed by atoms with van der Waals surface area (Å²) >= 11 is 0. The number of hydrogen-bond donors (Lipinski definition) is 2. The molecule has 0 radical (unpaired) electrons. The molecule has 116 valence electrons. The highest BCUT2D eigenvalue weighted by molar-refractivity contribution is 7.91. The van der Waals surface area contributed by atoms with Crippen molar-refractivity contribution in [3.8, 4) is 0 Å². The van der Waals surface area contributed by atoms with Gasteiger partial charge in [-0.2, -0.15) is 0 Å². The molecule has 1 aliphatic heterocycles. The fourth-order valence-electron chi connectivity index (χ4n) is 2.34. The SMILES string of the molecule is O=S1(=O)CCC(Nc2cc(NCc3ccncc3)ncn2)C1. The molecule has 1 aliphatic rings. The minimum atomic E-state index is -2.90. The van der Waals surface area contributed by atoms with Crippen molar-refractivity contribution in [2.75, 3.05) is 22.1 Å². The molecule has 3 heterocycles. The van der Waals surface area contributed by atoms with E-state index in [1.165, 1.54) is 6.33 Å². The maximum Gasteiger partial charge on any atom is 0.152 e. The summed E-state index contributed by atoms with van der Waals surface area (Å²) in [5, 5.41) is 6.36. The molecule has 0 aromatic carbocycles.